The summed E-state index contributed by atoms with van der Waals surface area (Å²) in [5.41, 5.74) is 3.19. The Morgan fingerprint density at radius 2 is 2.18 bits per heavy atom. The number of rotatable bonds is 7. The maximum atomic E-state index is 11.6. The fourth-order valence-electron chi connectivity index (χ4n) is 2.38. The number of hydrogen-bond donors (Lipinski definition) is 1. The van der Waals surface area contributed by atoms with Gasteiger partial charge in [0.1, 0.15) is 0 Å². The van der Waals surface area contributed by atoms with Crippen molar-refractivity contribution >= 4 is 17.5 Å². The number of hydrogen-bond acceptors (Lipinski definition) is 3. The highest BCUT2D eigenvalue weighted by molar-refractivity contribution is 6.17. The largest absolute Gasteiger partial charge is 0.356 e. The van der Waals surface area contributed by atoms with Crippen molar-refractivity contribution in [2.75, 3.05) is 12.4 Å². The number of pyridine rings is 1. The predicted octanol–water partition coefficient (Wildman–Crippen LogP) is 2.56. The van der Waals surface area contributed by atoms with Gasteiger partial charge in [-0.05, 0) is 44.4 Å². The summed E-state index contributed by atoms with van der Waals surface area (Å²) in [6.45, 7) is 4.62. The first-order chi connectivity index (χ1) is 10.6. The van der Waals surface area contributed by atoms with Crippen molar-refractivity contribution in [3.05, 3.63) is 41.3 Å². The normalized spacial score (nSPS) is 10.7. The van der Waals surface area contributed by atoms with Gasteiger partial charge in [0.25, 0.3) is 0 Å². The van der Waals surface area contributed by atoms with Crippen molar-refractivity contribution < 1.29 is 4.79 Å². The molecular weight excluding hydrogens is 300 g/mol. The highest BCUT2D eigenvalue weighted by Gasteiger charge is 2.13. The van der Waals surface area contributed by atoms with Crippen molar-refractivity contribution in [3.8, 4) is 5.82 Å². The van der Waals surface area contributed by atoms with Gasteiger partial charge in [-0.1, -0.05) is 6.07 Å². The zero-order valence-electron chi connectivity index (χ0n) is 13.0. The number of carbonyl (C=O) groups is 1. The van der Waals surface area contributed by atoms with Crippen molar-refractivity contribution in [1.29, 1.82) is 0 Å². The molecule has 0 bridgehead atoms. The van der Waals surface area contributed by atoms with Crippen LogP contribution in [0.3, 0.4) is 0 Å². The number of carbonyl (C=O) groups excluding carboxylic acids is 1. The molecule has 1 N–H and O–H groups in total. The van der Waals surface area contributed by atoms with Gasteiger partial charge in [-0.3, -0.25) is 4.79 Å². The van der Waals surface area contributed by atoms with Crippen LogP contribution in [-0.4, -0.2) is 33.1 Å². The minimum atomic E-state index is 0.0491. The molecule has 22 heavy (non-hydrogen) atoms. The highest BCUT2D eigenvalue weighted by atomic mass is 35.5. The van der Waals surface area contributed by atoms with Crippen LogP contribution < -0.4 is 5.32 Å². The number of amides is 1. The van der Waals surface area contributed by atoms with E-state index in [2.05, 4.69) is 15.4 Å². The first-order valence-electron chi connectivity index (χ1n) is 7.42. The summed E-state index contributed by atoms with van der Waals surface area (Å²) >= 11 is 5.58. The Labute approximate surface area is 135 Å². The van der Waals surface area contributed by atoms with Crippen molar-refractivity contribution in [3.63, 3.8) is 0 Å². The summed E-state index contributed by atoms with van der Waals surface area (Å²) in [6.07, 6.45) is 3.71. The van der Waals surface area contributed by atoms with Crippen LogP contribution in [0.4, 0.5) is 0 Å². The van der Waals surface area contributed by atoms with E-state index in [0.29, 0.717) is 25.3 Å². The molecule has 0 atom stereocenters. The SMILES string of the molecule is Cc1nn(-c2ccccn2)c(C)c1CCNC(=O)CCCCl. The molecule has 0 aliphatic heterocycles. The van der Waals surface area contributed by atoms with E-state index in [4.69, 9.17) is 11.6 Å². The number of alkyl halides is 1. The second-order valence-corrected chi connectivity index (χ2v) is 5.52. The molecule has 0 radical (unpaired) electrons. The van der Waals surface area contributed by atoms with Crippen LogP contribution in [0.2, 0.25) is 0 Å². The van der Waals surface area contributed by atoms with Gasteiger partial charge in [-0.25, -0.2) is 9.67 Å². The van der Waals surface area contributed by atoms with E-state index in [1.54, 1.807) is 6.20 Å². The molecule has 118 valence electrons. The lowest BCUT2D eigenvalue weighted by Crippen LogP contribution is -2.25. The van der Waals surface area contributed by atoms with Crippen LogP contribution >= 0.6 is 11.6 Å². The average Bonchev–Trinajstić information content (AvgIpc) is 2.81. The number of aromatic nitrogens is 3. The minimum absolute atomic E-state index is 0.0491. The smallest absolute Gasteiger partial charge is 0.220 e. The number of nitrogens with one attached hydrogen (secondary N) is 1. The molecule has 0 saturated heterocycles. The minimum Gasteiger partial charge on any atom is -0.356 e. The molecule has 2 aromatic rings. The fourth-order valence-corrected chi connectivity index (χ4v) is 2.52. The number of halogens is 1. The van der Waals surface area contributed by atoms with Crippen LogP contribution in [0.15, 0.2) is 24.4 Å². The Morgan fingerprint density at radius 1 is 1.36 bits per heavy atom. The molecule has 1 amide bonds. The van der Waals surface area contributed by atoms with E-state index in [0.717, 1.165) is 29.2 Å². The molecule has 2 heterocycles. The Morgan fingerprint density at radius 3 is 2.86 bits per heavy atom. The van der Waals surface area contributed by atoms with Gasteiger partial charge in [0.2, 0.25) is 5.91 Å². The Bertz CT molecular complexity index is 625. The maximum absolute atomic E-state index is 11.6. The Hall–Kier alpha value is -1.88. The quantitative estimate of drug-likeness (QED) is 0.798. The molecular formula is C16H21ClN4O. The third-order valence-corrected chi connectivity index (χ3v) is 3.81. The molecule has 0 aliphatic rings. The van der Waals surface area contributed by atoms with Gasteiger partial charge >= 0.3 is 0 Å². The van der Waals surface area contributed by atoms with Gasteiger partial charge in [-0.15, -0.1) is 11.6 Å². The molecule has 0 saturated carbocycles. The maximum Gasteiger partial charge on any atom is 0.220 e. The van der Waals surface area contributed by atoms with Crippen molar-refractivity contribution in [1.82, 2.24) is 20.1 Å². The Balaban J connectivity index is 2.01. The van der Waals surface area contributed by atoms with Gasteiger partial charge in [0, 0.05) is 30.7 Å². The lowest BCUT2D eigenvalue weighted by molar-refractivity contribution is -0.121. The third kappa shape index (κ3) is 4.07. The summed E-state index contributed by atoms with van der Waals surface area (Å²) < 4.78 is 1.85. The van der Waals surface area contributed by atoms with Crippen LogP contribution in [0.25, 0.3) is 5.82 Å². The summed E-state index contributed by atoms with van der Waals surface area (Å²) in [4.78, 5) is 15.9. The number of nitrogens with zero attached hydrogens (tertiary/aromatic N) is 3. The molecule has 0 unspecified atom stereocenters. The summed E-state index contributed by atoms with van der Waals surface area (Å²) in [6, 6.07) is 5.75. The summed E-state index contributed by atoms with van der Waals surface area (Å²) in [5.74, 6) is 1.37. The van der Waals surface area contributed by atoms with E-state index in [1.807, 2.05) is 36.7 Å². The highest BCUT2D eigenvalue weighted by Crippen LogP contribution is 2.16. The molecule has 6 heteroatoms. The monoisotopic (exact) mass is 320 g/mol. The molecule has 2 rings (SSSR count). The topological polar surface area (TPSA) is 59.8 Å². The average molecular weight is 321 g/mol. The van der Waals surface area contributed by atoms with Gasteiger partial charge in [0.05, 0.1) is 5.69 Å². The van der Waals surface area contributed by atoms with Crippen molar-refractivity contribution in [2.24, 2.45) is 0 Å². The first kappa shape index (κ1) is 16.5. The molecule has 5 nitrogen and oxygen atoms in total. The van der Waals surface area contributed by atoms with Crippen LogP contribution in [-0.2, 0) is 11.2 Å². The molecule has 0 spiro atoms. The van der Waals surface area contributed by atoms with E-state index in [9.17, 15) is 4.79 Å². The van der Waals surface area contributed by atoms with Crippen LogP contribution in [0.5, 0.6) is 0 Å². The second-order valence-electron chi connectivity index (χ2n) is 5.14. The second kappa shape index (κ2) is 7.94. The van der Waals surface area contributed by atoms with Crippen LogP contribution in [0.1, 0.15) is 29.8 Å². The van der Waals surface area contributed by atoms with Crippen LogP contribution in [0, 0.1) is 13.8 Å². The summed E-state index contributed by atoms with van der Waals surface area (Å²) in [5, 5.41) is 7.47. The predicted molar refractivity (Wildman–Crippen MR) is 87.5 cm³/mol. The van der Waals surface area contributed by atoms with Gasteiger partial charge in [0.15, 0.2) is 5.82 Å². The molecule has 0 fully saturated rings. The zero-order chi connectivity index (χ0) is 15.9. The number of aryl methyl sites for hydroxylation is 1. The first-order valence-corrected chi connectivity index (χ1v) is 7.96. The van der Waals surface area contributed by atoms with E-state index >= 15 is 0 Å². The van der Waals surface area contributed by atoms with E-state index in [-0.39, 0.29) is 5.91 Å². The Kier molecular flexibility index (Phi) is 5.95. The van der Waals surface area contributed by atoms with E-state index < -0.39 is 0 Å². The standard InChI is InChI=1S/C16H21ClN4O/c1-12-14(8-11-19-16(22)7-5-9-17)13(2)21(20-12)15-6-3-4-10-18-15/h3-4,6,10H,5,7-9,11H2,1-2H3,(H,19,22). The zero-order valence-corrected chi connectivity index (χ0v) is 13.7. The van der Waals surface area contributed by atoms with E-state index in [1.165, 1.54) is 0 Å². The summed E-state index contributed by atoms with van der Waals surface area (Å²) in [7, 11) is 0. The third-order valence-electron chi connectivity index (χ3n) is 3.54. The fraction of sp³-hybridized carbons (Fsp3) is 0.438. The molecule has 0 aliphatic carbocycles. The lowest BCUT2D eigenvalue weighted by Gasteiger charge is -2.06. The van der Waals surface area contributed by atoms with Gasteiger partial charge in [-0.2, -0.15) is 5.10 Å². The lowest BCUT2D eigenvalue weighted by atomic mass is 10.1. The molecule has 0 aromatic carbocycles. The van der Waals surface area contributed by atoms with Gasteiger partial charge < -0.3 is 5.32 Å². The van der Waals surface area contributed by atoms with Crippen molar-refractivity contribution in [2.45, 2.75) is 33.1 Å². The molecule has 2 aromatic heterocycles.